The largest absolute Gasteiger partial charge is 0.371 e. The monoisotopic (exact) mass is 261 g/mol. The van der Waals surface area contributed by atoms with Gasteiger partial charge in [0, 0.05) is 11.4 Å². The van der Waals surface area contributed by atoms with E-state index in [1.54, 1.807) is 0 Å². The van der Waals surface area contributed by atoms with Crippen molar-refractivity contribution in [3.8, 4) is 0 Å². The summed E-state index contributed by atoms with van der Waals surface area (Å²) in [6.07, 6.45) is 0.385. The molecule has 0 aromatic heterocycles. The SMILES string of the molecule is Cl.c1ccc(N(CC2CO2)c2ccccc2)cc1. The summed E-state index contributed by atoms with van der Waals surface area (Å²) in [4.78, 5) is 2.30. The zero-order chi connectivity index (χ0) is 11.5. The maximum absolute atomic E-state index is 5.34. The molecule has 1 aliphatic rings. The minimum atomic E-state index is 0. The first kappa shape index (κ1) is 12.9. The summed E-state index contributed by atoms with van der Waals surface area (Å²) in [7, 11) is 0. The molecule has 1 unspecified atom stereocenters. The highest BCUT2D eigenvalue weighted by atomic mass is 35.5. The van der Waals surface area contributed by atoms with Crippen molar-refractivity contribution in [1.82, 2.24) is 0 Å². The Kier molecular flexibility index (Phi) is 4.24. The summed E-state index contributed by atoms with van der Waals surface area (Å²) in [5, 5.41) is 0. The Balaban J connectivity index is 0.00000120. The molecule has 1 atom stereocenters. The number of para-hydroxylation sites is 2. The van der Waals surface area contributed by atoms with Crippen molar-refractivity contribution < 1.29 is 4.74 Å². The quantitative estimate of drug-likeness (QED) is 0.781. The van der Waals surface area contributed by atoms with Crippen LogP contribution < -0.4 is 4.90 Å². The molecular formula is C15H16ClNO. The second-order valence-electron chi connectivity index (χ2n) is 4.24. The third kappa shape index (κ3) is 3.03. The highest BCUT2D eigenvalue weighted by molar-refractivity contribution is 5.85. The normalized spacial score (nSPS) is 16.8. The van der Waals surface area contributed by atoms with E-state index in [-0.39, 0.29) is 12.4 Å². The van der Waals surface area contributed by atoms with E-state index >= 15 is 0 Å². The van der Waals surface area contributed by atoms with Gasteiger partial charge in [0.2, 0.25) is 0 Å². The molecule has 1 heterocycles. The maximum atomic E-state index is 5.34. The third-order valence-corrected chi connectivity index (χ3v) is 2.92. The number of benzene rings is 2. The molecule has 0 saturated carbocycles. The van der Waals surface area contributed by atoms with Crippen LogP contribution in [-0.4, -0.2) is 19.3 Å². The highest BCUT2D eigenvalue weighted by Crippen LogP contribution is 2.27. The lowest BCUT2D eigenvalue weighted by atomic mass is 10.2. The fourth-order valence-electron chi connectivity index (χ4n) is 1.95. The van der Waals surface area contributed by atoms with E-state index in [9.17, 15) is 0 Å². The van der Waals surface area contributed by atoms with Crippen molar-refractivity contribution in [3.05, 3.63) is 60.7 Å². The number of nitrogens with zero attached hydrogens (tertiary/aromatic N) is 1. The predicted molar refractivity (Wildman–Crippen MR) is 76.9 cm³/mol. The second-order valence-corrected chi connectivity index (χ2v) is 4.24. The van der Waals surface area contributed by atoms with Gasteiger partial charge < -0.3 is 9.64 Å². The summed E-state index contributed by atoms with van der Waals surface area (Å²) < 4.78 is 5.34. The van der Waals surface area contributed by atoms with Gasteiger partial charge in [-0.2, -0.15) is 0 Å². The zero-order valence-electron chi connectivity index (χ0n) is 10.0. The first-order chi connectivity index (χ1) is 8.43. The van der Waals surface area contributed by atoms with Gasteiger partial charge in [0.15, 0.2) is 0 Å². The van der Waals surface area contributed by atoms with Crippen LogP contribution in [0.3, 0.4) is 0 Å². The minimum absolute atomic E-state index is 0. The molecule has 0 bridgehead atoms. The number of hydrogen-bond acceptors (Lipinski definition) is 2. The number of epoxide rings is 1. The Bertz CT molecular complexity index is 431. The molecule has 18 heavy (non-hydrogen) atoms. The summed E-state index contributed by atoms with van der Waals surface area (Å²) in [6, 6.07) is 20.9. The molecule has 3 heteroatoms. The van der Waals surface area contributed by atoms with Crippen LogP contribution in [0.2, 0.25) is 0 Å². The Morgan fingerprint density at radius 2 is 1.33 bits per heavy atom. The van der Waals surface area contributed by atoms with Crippen molar-refractivity contribution in [1.29, 1.82) is 0 Å². The molecule has 1 saturated heterocycles. The molecule has 1 fully saturated rings. The van der Waals surface area contributed by atoms with Gasteiger partial charge in [-0.25, -0.2) is 0 Å². The van der Waals surface area contributed by atoms with E-state index in [0.29, 0.717) is 6.10 Å². The van der Waals surface area contributed by atoms with Gasteiger partial charge in [-0.1, -0.05) is 36.4 Å². The number of hydrogen-bond donors (Lipinski definition) is 0. The van der Waals surface area contributed by atoms with Crippen molar-refractivity contribution in [2.45, 2.75) is 6.10 Å². The number of rotatable bonds is 4. The topological polar surface area (TPSA) is 15.8 Å². The van der Waals surface area contributed by atoms with Crippen LogP contribution in [0.25, 0.3) is 0 Å². The van der Waals surface area contributed by atoms with Crippen molar-refractivity contribution >= 4 is 23.8 Å². The number of halogens is 1. The lowest BCUT2D eigenvalue weighted by Gasteiger charge is -2.24. The van der Waals surface area contributed by atoms with E-state index < -0.39 is 0 Å². The second kappa shape index (κ2) is 5.89. The molecule has 3 rings (SSSR count). The first-order valence-corrected chi connectivity index (χ1v) is 5.93. The van der Waals surface area contributed by atoms with Gasteiger partial charge in [-0.15, -0.1) is 12.4 Å². The molecule has 0 spiro atoms. The summed E-state index contributed by atoms with van der Waals surface area (Å²) >= 11 is 0. The fourth-order valence-corrected chi connectivity index (χ4v) is 1.95. The maximum Gasteiger partial charge on any atom is 0.0988 e. The van der Waals surface area contributed by atoms with Crippen LogP contribution in [-0.2, 0) is 4.74 Å². The minimum Gasteiger partial charge on any atom is -0.371 e. The average Bonchev–Trinajstić information content (AvgIpc) is 3.22. The first-order valence-electron chi connectivity index (χ1n) is 5.93. The molecular weight excluding hydrogens is 246 g/mol. The third-order valence-electron chi connectivity index (χ3n) is 2.92. The van der Waals surface area contributed by atoms with Crippen LogP contribution in [0.5, 0.6) is 0 Å². The van der Waals surface area contributed by atoms with Gasteiger partial charge in [0.25, 0.3) is 0 Å². The van der Waals surface area contributed by atoms with E-state index in [4.69, 9.17) is 4.74 Å². The average molecular weight is 262 g/mol. The van der Waals surface area contributed by atoms with Crippen LogP contribution in [0.1, 0.15) is 0 Å². The molecule has 2 nitrogen and oxygen atoms in total. The molecule has 0 radical (unpaired) electrons. The van der Waals surface area contributed by atoms with Crippen molar-refractivity contribution in [2.75, 3.05) is 18.1 Å². The smallest absolute Gasteiger partial charge is 0.0988 e. The number of ether oxygens (including phenoxy) is 1. The summed E-state index contributed by atoms with van der Waals surface area (Å²) in [6.45, 7) is 1.81. The van der Waals surface area contributed by atoms with E-state index in [2.05, 4.69) is 53.4 Å². The zero-order valence-corrected chi connectivity index (χ0v) is 10.8. The Morgan fingerprint density at radius 3 is 1.72 bits per heavy atom. The van der Waals surface area contributed by atoms with Gasteiger partial charge in [-0.3, -0.25) is 0 Å². The highest BCUT2D eigenvalue weighted by Gasteiger charge is 2.26. The fraction of sp³-hybridized carbons (Fsp3) is 0.200. The van der Waals surface area contributed by atoms with E-state index in [1.165, 1.54) is 11.4 Å². The van der Waals surface area contributed by atoms with Crippen LogP contribution in [0.15, 0.2) is 60.7 Å². The van der Waals surface area contributed by atoms with E-state index in [1.807, 2.05) is 12.1 Å². The molecule has 0 N–H and O–H groups in total. The Labute approximate surface area is 114 Å². The van der Waals surface area contributed by atoms with Gasteiger partial charge in [-0.05, 0) is 24.3 Å². The lowest BCUT2D eigenvalue weighted by Crippen LogP contribution is -2.22. The van der Waals surface area contributed by atoms with E-state index in [0.717, 1.165) is 13.2 Å². The lowest BCUT2D eigenvalue weighted by molar-refractivity contribution is 0.411. The van der Waals surface area contributed by atoms with Crippen LogP contribution in [0, 0.1) is 0 Å². The predicted octanol–water partition coefficient (Wildman–Crippen LogP) is 3.65. The molecule has 2 aromatic rings. The summed E-state index contributed by atoms with van der Waals surface area (Å²) in [5.41, 5.74) is 2.43. The van der Waals surface area contributed by atoms with Gasteiger partial charge >= 0.3 is 0 Å². The standard InChI is InChI=1S/C15H15NO.ClH/c1-3-7-13(8-4-1)16(11-15-12-17-15)14-9-5-2-6-10-14;/h1-10,15H,11-12H2;1H. The van der Waals surface area contributed by atoms with Crippen LogP contribution >= 0.6 is 12.4 Å². The van der Waals surface area contributed by atoms with Crippen LogP contribution in [0.4, 0.5) is 11.4 Å². The molecule has 0 amide bonds. The van der Waals surface area contributed by atoms with Gasteiger partial charge in [0.1, 0.15) is 0 Å². The van der Waals surface area contributed by atoms with Gasteiger partial charge in [0.05, 0.1) is 19.3 Å². The summed E-state index contributed by atoms with van der Waals surface area (Å²) in [5.74, 6) is 0. The van der Waals surface area contributed by atoms with Crippen molar-refractivity contribution in [3.63, 3.8) is 0 Å². The van der Waals surface area contributed by atoms with Crippen molar-refractivity contribution in [2.24, 2.45) is 0 Å². The molecule has 1 aliphatic heterocycles. The number of anilines is 2. The molecule has 94 valence electrons. The molecule has 0 aliphatic carbocycles. The Hall–Kier alpha value is -1.51. The molecule has 2 aromatic carbocycles. The Morgan fingerprint density at radius 1 is 0.889 bits per heavy atom.